The fourth-order valence-corrected chi connectivity index (χ4v) is 5.87. The number of anilines is 1. The number of hydrogen-bond donors (Lipinski definition) is 1. The van der Waals surface area contributed by atoms with Crippen molar-refractivity contribution in [3.05, 3.63) is 75.1 Å². The van der Waals surface area contributed by atoms with Crippen LogP contribution in [0.1, 0.15) is 60.7 Å². The van der Waals surface area contributed by atoms with Crippen LogP contribution in [0, 0.1) is 0 Å². The zero-order chi connectivity index (χ0) is 24.5. The summed E-state index contributed by atoms with van der Waals surface area (Å²) in [7, 11) is -3.93. The number of carbonyl (C=O) groups is 1. The molecule has 1 aromatic heterocycles. The van der Waals surface area contributed by atoms with Gasteiger partial charge in [-0.3, -0.25) is 14.3 Å². The van der Waals surface area contributed by atoms with Gasteiger partial charge in [0.15, 0.2) is 5.78 Å². The third kappa shape index (κ3) is 4.55. The molecule has 0 unspecified atom stereocenters. The Morgan fingerprint density at radius 2 is 1.79 bits per heavy atom. The van der Waals surface area contributed by atoms with Gasteiger partial charge in [0.1, 0.15) is 0 Å². The molecular weight excluding hydrogens is 450 g/mol. The first-order valence-electron chi connectivity index (χ1n) is 11.6. The standard InChI is InChI=1S/C26H29N3O4S/c1-4-18-13-14-20(25-22-11-6-7-12-23(22)26(31)29(5-2)27-25)16-24(18)34(32,33)28-21-10-8-9-19(15-21)17(3)30/h8-10,13-16,28H,4-7,11-12H2,1-3H3. The van der Waals surface area contributed by atoms with Crippen molar-refractivity contribution in [3.63, 3.8) is 0 Å². The zero-order valence-corrected chi connectivity index (χ0v) is 20.5. The average molecular weight is 480 g/mol. The van der Waals surface area contributed by atoms with E-state index in [4.69, 9.17) is 0 Å². The van der Waals surface area contributed by atoms with Crippen LogP contribution in [0.25, 0.3) is 11.3 Å². The van der Waals surface area contributed by atoms with Gasteiger partial charge in [0.25, 0.3) is 15.6 Å². The summed E-state index contributed by atoms with van der Waals surface area (Å²) in [6, 6.07) is 11.8. The third-order valence-corrected chi connectivity index (χ3v) is 7.76. The van der Waals surface area contributed by atoms with E-state index in [-0.39, 0.29) is 16.2 Å². The molecule has 3 aromatic rings. The number of aromatic nitrogens is 2. The van der Waals surface area contributed by atoms with Gasteiger partial charge >= 0.3 is 0 Å². The fraction of sp³-hybridized carbons (Fsp3) is 0.346. The molecule has 0 atom stereocenters. The van der Waals surface area contributed by atoms with Crippen molar-refractivity contribution in [2.75, 3.05) is 4.72 Å². The maximum Gasteiger partial charge on any atom is 0.270 e. The van der Waals surface area contributed by atoms with Gasteiger partial charge in [-0.25, -0.2) is 13.1 Å². The molecule has 178 valence electrons. The van der Waals surface area contributed by atoms with Gasteiger partial charge in [-0.2, -0.15) is 5.10 Å². The van der Waals surface area contributed by atoms with Crippen LogP contribution in [0.3, 0.4) is 0 Å². The SMILES string of the molecule is CCc1ccc(-c2nn(CC)c(=O)c3c2CCCC3)cc1S(=O)(=O)Nc1cccc(C(C)=O)c1. The Kier molecular flexibility index (Phi) is 6.70. The van der Waals surface area contributed by atoms with E-state index < -0.39 is 10.0 Å². The molecule has 0 aliphatic heterocycles. The van der Waals surface area contributed by atoms with E-state index in [1.165, 1.54) is 17.7 Å². The van der Waals surface area contributed by atoms with Crippen molar-refractivity contribution in [1.82, 2.24) is 9.78 Å². The summed E-state index contributed by atoms with van der Waals surface area (Å²) >= 11 is 0. The highest BCUT2D eigenvalue weighted by Crippen LogP contribution is 2.31. The molecular formula is C26H29N3O4S. The highest BCUT2D eigenvalue weighted by Gasteiger charge is 2.24. The number of benzene rings is 2. The van der Waals surface area contributed by atoms with Gasteiger partial charge in [-0.15, -0.1) is 0 Å². The second-order valence-corrected chi connectivity index (χ2v) is 10.2. The van der Waals surface area contributed by atoms with Gasteiger partial charge < -0.3 is 0 Å². The second-order valence-electron chi connectivity index (χ2n) is 8.55. The molecule has 34 heavy (non-hydrogen) atoms. The number of hydrogen-bond acceptors (Lipinski definition) is 5. The van der Waals surface area contributed by atoms with Crippen LogP contribution in [0.4, 0.5) is 5.69 Å². The topological polar surface area (TPSA) is 98.1 Å². The molecule has 1 heterocycles. The molecule has 4 rings (SSSR count). The molecule has 0 spiro atoms. The number of sulfonamides is 1. The fourth-order valence-electron chi connectivity index (χ4n) is 4.49. The lowest BCUT2D eigenvalue weighted by Gasteiger charge is -2.21. The quantitative estimate of drug-likeness (QED) is 0.507. The smallest absolute Gasteiger partial charge is 0.270 e. The second kappa shape index (κ2) is 9.54. The van der Waals surface area contributed by atoms with E-state index >= 15 is 0 Å². The number of aryl methyl sites for hydroxylation is 2. The van der Waals surface area contributed by atoms with E-state index in [9.17, 15) is 18.0 Å². The molecule has 8 heteroatoms. The minimum absolute atomic E-state index is 0.0500. The van der Waals surface area contributed by atoms with Crippen molar-refractivity contribution in [2.45, 2.75) is 64.3 Å². The van der Waals surface area contributed by atoms with E-state index in [1.54, 1.807) is 24.3 Å². The summed E-state index contributed by atoms with van der Waals surface area (Å²) in [5.41, 5.74) is 4.46. The van der Waals surface area contributed by atoms with Gasteiger partial charge in [0.05, 0.1) is 10.6 Å². The number of nitrogens with zero attached hydrogens (tertiary/aromatic N) is 2. The van der Waals surface area contributed by atoms with E-state index in [0.29, 0.717) is 41.0 Å². The number of Topliss-reactive ketones (excluding diaryl/α,β-unsaturated/α-hetero) is 1. The molecule has 0 saturated carbocycles. The molecule has 2 aromatic carbocycles. The lowest BCUT2D eigenvalue weighted by Crippen LogP contribution is -2.30. The summed E-state index contributed by atoms with van der Waals surface area (Å²) in [4.78, 5) is 24.7. The van der Waals surface area contributed by atoms with Crippen LogP contribution >= 0.6 is 0 Å². The van der Waals surface area contributed by atoms with E-state index in [0.717, 1.165) is 36.8 Å². The Morgan fingerprint density at radius 1 is 1.06 bits per heavy atom. The molecule has 0 radical (unpaired) electrons. The summed E-state index contributed by atoms with van der Waals surface area (Å²) in [5, 5.41) is 4.62. The predicted molar refractivity (Wildman–Crippen MR) is 133 cm³/mol. The number of carbonyl (C=O) groups excluding carboxylic acids is 1. The molecule has 7 nitrogen and oxygen atoms in total. The molecule has 0 amide bonds. The molecule has 0 bridgehead atoms. The number of rotatable bonds is 7. The summed E-state index contributed by atoms with van der Waals surface area (Å²) < 4.78 is 31.0. The molecule has 1 aliphatic rings. The lowest BCUT2D eigenvalue weighted by molar-refractivity contribution is 0.101. The van der Waals surface area contributed by atoms with Crippen molar-refractivity contribution in [2.24, 2.45) is 0 Å². The van der Waals surface area contributed by atoms with Gasteiger partial charge in [0.2, 0.25) is 0 Å². The van der Waals surface area contributed by atoms with Crippen LogP contribution < -0.4 is 10.3 Å². The summed E-state index contributed by atoms with van der Waals surface area (Å²) in [6.45, 7) is 5.67. The average Bonchev–Trinajstić information content (AvgIpc) is 2.84. The predicted octanol–water partition coefficient (Wildman–Crippen LogP) is 4.37. The highest BCUT2D eigenvalue weighted by atomic mass is 32.2. The maximum atomic E-state index is 13.4. The first-order valence-corrected chi connectivity index (χ1v) is 13.1. The number of nitrogens with one attached hydrogen (secondary N) is 1. The Morgan fingerprint density at radius 3 is 2.47 bits per heavy atom. The molecule has 0 fully saturated rings. The van der Waals surface area contributed by atoms with Crippen molar-refractivity contribution in [1.29, 1.82) is 0 Å². The molecule has 1 N–H and O–H groups in total. The van der Waals surface area contributed by atoms with Crippen LogP contribution in [0.15, 0.2) is 52.2 Å². The summed E-state index contributed by atoms with van der Waals surface area (Å²) in [6.07, 6.45) is 3.95. The van der Waals surface area contributed by atoms with E-state index in [1.807, 2.05) is 26.0 Å². The normalized spacial score (nSPS) is 13.4. The monoisotopic (exact) mass is 479 g/mol. The number of fused-ring (bicyclic) bond motifs is 1. The van der Waals surface area contributed by atoms with Crippen LogP contribution in [0.5, 0.6) is 0 Å². The Hall–Kier alpha value is -3.26. The maximum absolute atomic E-state index is 13.4. The Labute approximate surface area is 199 Å². The first-order chi connectivity index (χ1) is 16.2. The highest BCUT2D eigenvalue weighted by molar-refractivity contribution is 7.92. The molecule has 1 aliphatic carbocycles. The minimum Gasteiger partial charge on any atom is -0.295 e. The lowest BCUT2D eigenvalue weighted by atomic mass is 9.89. The summed E-state index contributed by atoms with van der Waals surface area (Å²) in [5.74, 6) is -0.140. The van der Waals surface area contributed by atoms with Crippen molar-refractivity contribution in [3.8, 4) is 11.3 Å². The van der Waals surface area contributed by atoms with Crippen LogP contribution in [-0.2, 0) is 35.8 Å². The first kappa shape index (κ1) is 23.9. The van der Waals surface area contributed by atoms with Gasteiger partial charge in [-0.1, -0.05) is 31.2 Å². The van der Waals surface area contributed by atoms with Gasteiger partial charge in [-0.05, 0) is 75.3 Å². The molecule has 0 saturated heterocycles. The minimum atomic E-state index is -3.93. The Bertz CT molecular complexity index is 1420. The number of ketones is 1. The van der Waals surface area contributed by atoms with Crippen LogP contribution in [-0.4, -0.2) is 24.0 Å². The van der Waals surface area contributed by atoms with Crippen molar-refractivity contribution >= 4 is 21.5 Å². The Balaban J connectivity index is 1.83. The van der Waals surface area contributed by atoms with Gasteiger partial charge in [0, 0.05) is 28.9 Å². The van der Waals surface area contributed by atoms with E-state index in [2.05, 4.69) is 9.82 Å². The largest absolute Gasteiger partial charge is 0.295 e. The van der Waals surface area contributed by atoms with Crippen molar-refractivity contribution < 1.29 is 13.2 Å². The zero-order valence-electron chi connectivity index (χ0n) is 19.7. The third-order valence-electron chi connectivity index (χ3n) is 6.30. The van der Waals surface area contributed by atoms with Crippen LogP contribution in [0.2, 0.25) is 0 Å².